The molecule has 4 rings (SSSR count). The van der Waals surface area contributed by atoms with E-state index < -0.39 is 0 Å². The minimum atomic E-state index is -0.108. The van der Waals surface area contributed by atoms with Gasteiger partial charge in [0, 0.05) is 23.7 Å². The third-order valence-electron chi connectivity index (χ3n) is 4.78. The zero-order chi connectivity index (χ0) is 17.2. The number of nitrogens with one attached hydrogen (secondary N) is 1. The number of fused-ring (bicyclic) bond motifs is 1. The molecule has 0 aliphatic heterocycles. The number of nitrogens with zero attached hydrogens (tertiary/aromatic N) is 3. The van der Waals surface area contributed by atoms with Crippen LogP contribution in [0, 0.1) is 0 Å². The fourth-order valence-electron chi connectivity index (χ4n) is 3.39. The maximum atomic E-state index is 12.5. The van der Waals surface area contributed by atoms with E-state index in [2.05, 4.69) is 15.5 Å². The Morgan fingerprint density at radius 2 is 1.88 bits per heavy atom. The van der Waals surface area contributed by atoms with Gasteiger partial charge in [0.1, 0.15) is 5.82 Å². The lowest BCUT2D eigenvalue weighted by Gasteiger charge is -2.09. The van der Waals surface area contributed by atoms with Gasteiger partial charge in [0.25, 0.3) is 5.91 Å². The van der Waals surface area contributed by atoms with E-state index in [0.29, 0.717) is 23.0 Å². The van der Waals surface area contributed by atoms with Crippen LogP contribution >= 0.6 is 11.6 Å². The predicted molar refractivity (Wildman–Crippen MR) is 96.8 cm³/mol. The summed E-state index contributed by atoms with van der Waals surface area (Å²) in [6.45, 7) is 0.464. The lowest BCUT2D eigenvalue weighted by atomic mass is 10.1. The van der Waals surface area contributed by atoms with Crippen molar-refractivity contribution >= 4 is 23.2 Å². The highest BCUT2D eigenvalue weighted by atomic mass is 35.5. The first-order valence-corrected chi connectivity index (χ1v) is 8.96. The molecule has 128 valence electrons. The van der Waals surface area contributed by atoms with Crippen LogP contribution < -0.4 is 5.32 Å². The second-order valence-corrected chi connectivity index (χ2v) is 6.93. The van der Waals surface area contributed by atoms with Crippen LogP contribution in [0.4, 0.5) is 0 Å². The second kappa shape index (κ2) is 6.84. The molecule has 3 aromatic rings. The number of halogens is 1. The van der Waals surface area contributed by atoms with Crippen LogP contribution in [0.2, 0.25) is 5.02 Å². The zero-order valence-corrected chi connectivity index (χ0v) is 14.5. The molecule has 1 N–H and O–H groups in total. The molecule has 25 heavy (non-hydrogen) atoms. The molecule has 0 atom stereocenters. The van der Waals surface area contributed by atoms with Gasteiger partial charge in [0.05, 0.1) is 5.56 Å². The van der Waals surface area contributed by atoms with E-state index in [9.17, 15) is 4.79 Å². The number of pyridine rings is 1. The van der Waals surface area contributed by atoms with Crippen LogP contribution in [0.25, 0.3) is 5.65 Å². The molecule has 1 amide bonds. The Morgan fingerprint density at radius 3 is 2.64 bits per heavy atom. The summed E-state index contributed by atoms with van der Waals surface area (Å²) in [7, 11) is 0. The summed E-state index contributed by atoms with van der Waals surface area (Å²) in [6.07, 6.45) is 6.61. The zero-order valence-electron chi connectivity index (χ0n) is 13.8. The van der Waals surface area contributed by atoms with Crippen molar-refractivity contribution in [2.45, 2.75) is 38.1 Å². The summed E-state index contributed by atoms with van der Waals surface area (Å²) in [6, 6.07) is 11.1. The molecule has 1 fully saturated rings. The minimum Gasteiger partial charge on any atom is -0.348 e. The van der Waals surface area contributed by atoms with Gasteiger partial charge >= 0.3 is 0 Å². The van der Waals surface area contributed by atoms with Crippen molar-refractivity contribution in [2.24, 2.45) is 0 Å². The summed E-state index contributed by atoms with van der Waals surface area (Å²) < 4.78 is 1.97. The van der Waals surface area contributed by atoms with Crippen molar-refractivity contribution in [2.75, 3.05) is 0 Å². The summed E-state index contributed by atoms with van der Waals surface area (Å²) in [5.41, 5.74) is 2.41. The van der Waals surface area contributed by atoms with Gasteiger partial charge in [-0.15, -0.1) is 10.2 Å². The van der Waals surface area contributed by atoms with Crippen molar-refractivity contribution < 1.29 is 4.79 Å². The fourth-order valence-corrected chi connectivity index (χ4v) is 3.52. The van der Waals surface area contributed by atoms with Crippen LogP contribution in [0.3, 0.4) is 0 Å². The maximum Gasteiger partial charge on any atom is 0.253 e. The Labute approximate surface area is 151 Å². The molecule has 1 saturated carbocycles. The van der Waals surface area contributed by atoms with E-state index in [0.717, 1.165) is 29.9 Å². The van der Waals surface area contributed by atoms with Gasteiger partial charge < -0.3 is 5.32 Å². The molecule has 1 aromatic carbocycles. The summed E-state index contributed by atoms with van der Waals surface area (Å²) in [5.74, 6) is 1.31. The van der Waals surface area contributed by atoms with E-state index in [4.69, 9.17) is 11.6 Å². The molecule has 0 unspecified atom stereocenters. The first-order chi connectivity index (χ1) is 12.2. The van der Waals surface area contributed by atoms with Crippen molar-refractivity contribution in [3.63, 3.8) is 0 Å². The second-order valence-electron chi connectivity index (χ2n) is 6.49. The number of hydrogen-bond acceptors (Lipinski definition) is 3. The maximum absolute atomic E-state index is 12.5. The molecular weight excluding hydrogens is 336 g/mol. The smallest absolute Gasteiger partial charge is 0.253 e. The molecule has 0 bridgehead atoms. The number of rotatable bonds is 4. The van der Waals surface area contributed by atoms with Crippen LogP contribution in [-0.2, 0) is 6.54 Å². The predicted octanol–water partition coefficient (Wildman–Crippen LogP) is 3.97. The van der Waals surface area contributed by atoms with Gasteiger partial charge in [0.2, 0.25) is 0 Å². The third kappa shape index (κ3) is 3.37. The topological polar surface area (TPSA) is 59.3 Å². The Kier molecular flexibility index (Phi) is 4.40. The van der Waals surface area contributed by atoms with Crippen molar-refractivity contribution in [3.8, 4) is 0 Å². The monoisotopic (exact) mass is 354 g/mol. The largest absolute Gasteiger partial charge is 0.348 e. The van der Waals surface area contributed by atoms with Crippen molar-refractivity contribution in [1.82, 2.24) is 19.9 Å². The van der Waals surface area contributed by atoms with Gasteiger partial charge in [-0.05, 0) is 42.7 Å². The number of carbonyl (C=O) groups excluding carboxylic acids is 1. The molecule has 0 spiro atoms. The van der Waals surface area contributed by atoms with Crippen LogP contribution in [-0.4, -0.2) is 20.5 Å². The first kappa shape index (κ1) is 16.1. The Hall–Kier alpha value is -2.40. The van der Waals surface area contributed by atoms with E-state index in [1.807, 2.05) is 40.9 Å². The SMILES string of the molecule is O=C(NCc1ccc(Cl)cc1)c1ccc2nnc(C3CCCC3)n2c1. The van der Waals surface area contributed by atoms with E-state index in [1.54, 1.807) is 6.07 Å². The molecule has 2 aromatic heterocycles. The highest BCUT2D eigenvalue weighted by molar-refractivity contribution is 6.30. The molecule has 1 aliphatic carbocycles. The number of hydrogen-bond donors (Lipinski definition) is 1. The summed E-state index contributed by atoms with van der Waals surface area (Å²) >= 11 is 5.88. The molecule has 1 aliphatic rings. The average Bonchev–Trinajstić information content (AvgIpc) is 3.29. The van der Waals surface area contributed by atoms with Gasteiger partial charge in [0.15, 0.2) is 5.65 Å². The molecular formula is C19H19ClN4O. The highest BCUT2D eigenvalue weighted by Gasteiger charge is 2.22. The Morgan fingerprint density at radius 1 is 1.12 bits per heavy atom. The van der Waals surface area contributed by atoms with Crippen molar-refractivity contribution in [3.05, 3.63) is 64.6 Å². The van der Waals surface area contributed by atoms with E-state index in [-0.39, 0.29) is 5.91 Å². The standard InChI is InChI=1S/C19H19ClN4O/c20-16-8-5-13(6-9-16)11-21-19(25)15-7-10-17-22-23-18(24(17)12-15)14-3-1-2-4-14/h5-10,12,14H,1-4,11H2,(H,21,25). The van der Waals surface area contributed by atoms with E-state index in [1.165, 1.54) is 12.8 Å². The van der Waals surface area contributed by atoms with Crippen LogP contribution in [0.15, 0.2) is 42.6 Å². The quantitative estimate of drug-likeness (QED) is 0.771. The molecule has 0 saturated heterocycles. The van der Waals surface area contributed by atoms with Gasteiger partial charge in [-0.3, -0.25) is 9.20 Å². The number of benzene rings is 1. The highest BCUT2D eigenvalue weighted by Crippen LogP contribution is 2.33. The number of carbonyl (C=O) groups is 1. The van der Waals surface area contributed by atoms with Gasteiger partial charge in [-0.1, -0.05) is 36.6 Å². The van der Waals surface area contributed by atoms with Crippen LogP contribution in [0.1, 0.15) is 53.3 Å². The van der Waals surface area contributed by atoms with Gasteiger partial charge in [-0.2, -0.15) is 0 Å². The molecule has 5 nitrogen and oxygen atoms in total. The average molecular weight is 355 g/mol. The molecule has 2 heterocycles. The van der Waals surface area contributed by atoms with Crippen LogP contribution in [0.5, 0.6) is 0 Å². The first-order valence-electron chi connectivity index (χ1n) is 8.58. The normalized spacial score (nSPS) is 14.9. The Balaban J connectivity index is 1.52. The number of aromatic nitrogens is 3. The lowest BCUT2D eigenvalue weighted by molar-refractivity contribution is 0.0950. The Bertz CT molecular complexity index is 897. The van der Waals surface area contributed by atoms with Gasteiger partial charge in [-0.25, -0.2) is 0 Å². The molecule has 6 heteroatoms. The van der Waals surface area contributed by atoms with Crippen molar-refractivity contribution in [1.29, 1.82) is 0 Å². The summed E-state index contributed by atoms with van der Waals surface area (Å²) in [5, 5.41) is 12.2. The van der Waals surface area contributed by atoms with E-state index >= 15 is 0 Å². The fraction of sp³-hybridized carbons (Fsp3) is 0.316. The third-order valence-corrected chi connectivity index (χ3v) is 5.03. The number of amides is 1. The molecule has 0 radical (unpaired) electrons. The lowest BCUT2D eigenvalue weighted by Crippen LogP contribution is -2.23. The minimum absolute atomic E-state index is 0.108. The summed E-state index contributed by atoms with van der Waals surface area (Å²) in [4.78, 5) is 12.5.